The molecule has 0 spiro atoms. The third-order valence-electron chi connectivity index (χ3n) is 2.58. The lowest BCUT2D eigenvalue weighted by Crippen LogP contribution is -2.03. The quantitative estimate of drug-likeness (QED) is 0.783. The Morgan fingerprint density at radius 1 is 1.29 bits per heavy atom. The largest absolute Gasteiger partial charge is 0.388 e. The summed E-state index contributed by atoms with van der Waals surface area (Å²) in [5.41, 5.74) is 0.798. The van der Waals surface area contributed by atoms with Crippen molar-refractivity contribution in [1.29, 1.82) is 0 Å². The van der Waals surface area contributed by atoms with Crippen LogP contribution in [0.5, 0.6) is 0 Å². The third kappa shape index (κ3) is 3.11. The van der Waals surface area contributed by atoms with E-state index in [2.05, 4.69) is 13.8 Å². The Bertz CT molecular complexity index is 268. The molecule has 0 aliphatic rings. The van der Waals surface area contributed by atoms with Gasteiger partial charge in [0.25, 0.3) is 0 Å². The van der Waals surface area contributed by atoms with Gasteiger partial charge in [0.1, 0.15) is 5.82 Å². The van der Waals surface area contributed by atoms with Gasteiger partial charge in [-0.3, -0.25) is 0 Å². The van der Waals surface area contributed by atoms with Gasteiger partial charge in [-0.25, -0.2) is 4.39 Å². The number of rotatable bonds is 4. The number of aliphatic hydroxyl groups excluding tert-OH is 1. The highest BCUT2D eigenvalue weighted by atomic mass is 19.1. The zero-order chi connectivity index (χ0) is 10.6. The summed E-state index contributed by atoms with van der Waals surface area (Å²) < 4.78 is 12.6. The maximum absolute atomic E-state index is 12.6. The molecule has 0 saturated carbocycles. The van der Waals surface area contributed by atoms with Crippen LogP contribution in [0.3, 0.4) is 0 Å². The molecule has 14 heavy (non-hydrogen) atoms. The summed E-state index contributed by atoms with van der Waals surface area (Å²) in [5, 5.41) is 9.79. The molecule has 0 heterocycles. The van der Waals surface area contributed by atoms with E-state index in [4.69, 9.17) is 0 Å². The second-order valence-corrected chi connectivity index (χ2v) is 3.82. The van der Waals surface area contributed by atoms with Gasteiger partial charge < -0.3 is 5.11 Å². The standard InChI is InChI=1S/C12H17FO/c1-3-9(2)8-12(14)10-4-6-11(13)7-5-10/h4-7,9,12,14H,3,8H2,1-2H3. The molecule has 2 atom stereocenters. The maximum atomic E-state index is 12.6. The van der Waals surface area contributed by atoms with Crippen LogP contribution < -0.4 is 0 Å². The molecule has 1 nitrogen and oxygen atoms in total. The van der Waals surface area contributed by atoms with Crippen molar-refractivity contribution in [2.45, 2.75) is 32.8 Å². The molecular weight excluding hydrogens is 179 g/mol. The van der Waals surface area contributed by atoms with E-state index >= 15 is 0 Å². The third-order valence-corrected chi connectivity index (χ3v) is 2.58. The second-order valence-electron chi connectivity index (χ2n) is 3.82. The number of hydrogen-bond acceptors (Lipinski definition) is 1. The van der Waals surface area contributed by atoms with E-state index in [0.717, 1.165) is 18.4 Å². The van der Waals surface area contributed by atoms with Crippen molar-refractivity contribution >= 4 is 0 Å². The molecule has 0 bridgehead atoms. The van der Waals surface area contributed by atoms with Gasteiger partial charge in [-0.2, -0.15) is 0 Å². The van der Waals surface area contributed by atoms with Crippen molar-refractivity contribution in [3.63, 3.8) is 0 Å². The van der Waals surface area contributed by atoms with E-state index in [1.54, 1.807) is 12.1 Å². The van der Waals surface area contributed by atoms with E-state index in [1.807, 2.05) is 0 Å². The molecule has 2 unspecified atom stereocenters. The number of benzene rings is 1. The second kappa shape index (κ2) is 5.11. The Morgan fingerprint density at radius 2 is 1.86 bits per heavy atom. The molecule has 0 radical (unpaired) electrons. The van der Waals surface area contributed by atoms with Crippen molar-refractivity contribution in [2.24, 2.45) is 5.92 Å². The minimum atomic E-state index is -0.467. The number of aliphatic hydroxyl groups is 1. The van der Waals surface area contributed by atoms with Gasteiger partial charge >= 0.3 is 0 Å². The van der Waals surface area contributed by atoms with Crippen LogP contribution in [0.1, 0.15) is 38.4 Å². The molecule has 78 valence electrons. The fraction of sp³-hybridized carbons (Fsp3) is 0.500. The van der Waals surface area contributed by atoms with E-state index in [9.17, 15) is 9.50 Å². The normalized spacial score (nSPS) is 15.1. The molecule has 0 amide bonds. The van der Waals surface area contributed by atoms with Gasteiger partial charge in [0.05, 0.1) is 6.10 Å². The molecule has 0 saturated heterocycles. The Hall–Kier alpha value is -0.890. The molecule has 2 heteroatoms. The smallest absolute Gasteiger partial charge is 0.123 e. The fourth-order valence-corrected chi connectivity index (χ4v) is 1.37. The van der Waals surface area contributed by atoms with Gasteiger partial charge in [0, 0.05) is 0 Å². The van der Waals surface area contributed by atoms with E-state index in [1.165, 1.54) is 12.1 Å². The summed E-state index contributed by atoms with van der Waals surface area (Å²) in [4.78, 5) is 0. The lowest BCUT2D eigenvalue weighted by Gasteiger charge is -2.15. The van der Waals surface area contributed by atoms with Gasteiger partial charge in [-0.05, 0) is 30.0 Å². The molecule has 1 N–H and O–H groups in total. The first kappa shape index (κ1) is 11.2. The minimum Gasteiger partial charge on any atom is -0.388 e. The molecular formula is C12H17FO. The summed E-state index contributed by atoms with van der Waals surface area (Å²) in [5.74, 6) is 0.236. The lowest BCUT2D eigenvalue weighted by atomic mass is 9.96. The minimum absolute atomic E-state index is 0.260. The highest BCUT2D eigenvalue weighted by Gasteiger charge is 2.10. The zero-order valence-corrected chi connectivity index (χ0v) is 8.70. The van der Waals surface area contributed by atoms with Gasteiger partial charge in [0.15, 0.2) is 0 Å². The van der Waals surface area contributed by atoms with E-state index in [0.29, 0.717) is 5.92 Å². The maximum Gasteiger partial charge on any atom is 0.123 e. The van der Waals surface area contributed by atoms with Crippen molar-refractivity contribution in [3.8, 4) is 0 Å². The van der Waals surface area contributed by atoms with Crippen molar-refractivity contribution in [2.75, 3.05) is 0 Å². The SMILES string of the molecule is CCC(C)CC(O)c1ccc(F)cc1. The average molecular weight is 196 g/mol. The molecule has 0 aliphatic carbocycles. The Labute approximate surface area is 84.6 Å². The van der Waals surface area contributed by atoms with Crippen LogP contribution in [0.2, 0.25) is 0 Å². The Kier molecular flexibility index (Phi) is 4.08. The molecule has 0 aliphatic heterocycles. The topological polar surface area (TPSA) is 20.2 Å². The van der Waals surface area contributed by atoms with Gasteiger partial charge in [0.2, 0.25) is 0 Å². The summed E-state index contributed by atoms with van der Waals surface area (Å²) in [7, 11) is 0. The molecule has 1 aromatic carbocycles. The highest BCUT2D eigenvalue weighted by Crippen LogP contribution is 2.22. The first-order valence-corrected chi connectivity index (χ1v) is 5.07. The van der Waals surface area contributed by atoms with Crippen molar-refractivity contribution < 1.29 is 9.50 Å². The van der Waals surface area contributed by atoms with Crippen LogP contribution in [0.25, 0.3) is 0 Å². The van der Waals surface area contributed by atoms with Crippen LogP contribution in [-0.4, -0.2) is 5.11 Å². The van der Waals surface area contributed by atoms with Crippen LogP contribution in [0, 0.1) is 11.7 Å². The lowest BCUT2D eigenvalue weighted by molar-refractivity contribution is 0.146. The first-order valence-electron chi connectivity index (χ1n) is 5.07. The van der Waals surface area contributed by atoms with Crippen molar-refractivity contribution in [3.05, 3.63) is 35.6 Å². The van der Waals surface area contributed by atoms with Crippen LogP contribution >= 0.6 is 0 Å². The number of hydrogen-bond donors (Lipinski definition) is 1. The van der Waals surface area contributed by atoms with Crippen LogP contribution in [0.15, 0.2) is 24.3 Å². The Morgan fingerprint density at radius 3 is 2.36 bits per heavy atom. The molecule has 1 rings (SSSR count). The molecule has 0 aromatic heterocycles. The van der Waals surface area contributed by atoms with Crippen LogP contribution in [0.4, 0.5) is 4.39 Å². The fourth-order valence-electron chi connectivity index (χ4n) is 1.37. The molecule has 1 aromatic rings. The highest BCUT2D eigenvalue weighted by molar-refractivity contribution is 5.18. The van der Waals surface area contributed by atoms with Gasteiger partial charge in [-0.1, -0.05) is 32.4 Å². The average Bonchev–Trinajstić information content (AvgIpc) is 2.18. The van der Waals surface area contributed by atoms with E-state index < -0.39 is 6.10 Å². The summed E-state index contributed by atoms with van der Waals surface area (Å²) >= 11 is 0. The number of halogens is 1. The van der Waals surface area contributed by atoms with Crippen LogP contribution in [-0.2, 0) is 0 Å². The Balaban J connectivity index is 2.60. The monoisotopic (exact) mass is 196 g/mol. The van der Waals surface area contributed by atoms with Gasteiger partial charge in [-0.15, -0.1) is 0 Å². The first-order chi connectivity index (χ1) is 6.63. The van der Waals surface area contributed by atoms with E-state index in [-0.39, 0.29) is 5.82 Å². The van der Waals surface area contributed by atoms with Crippen molar-refractivity contribution in [1.82, 2.24) is 0 Å². The summed E-state index contributed by atoms with van der Waals surface area (Å²) in [6.07, 6.45) is 1.32. The molecule has 0 fully saturated rings. The predicted octanol–water partition coefficient (Wildman–Crippen LogP) is 3.30. The summed E-state index contributed by atoms with van der Waals surface area (Å²) in [6.45, 7) is 4.20. The summed E-state index contributed by atoms with van der Waals surface area (Å²) in [6, 6.07) is 6.05. The predicted molar refractivity (Wildman–Crippen MR) is 55.4 cm³/mol. The zero-order valence-electron chi connectivity index (χ0n) is 8.70.